The van der Waals surface area contributed by atoms with Crippen molar-refractivity contribution in [2.75, 3.05) is 13.1 Å². The molecule has 0 saturated carbocycles. The van der Waals surface area contributed by atoms with Crippen molar-refractivity contribution in [2.24, 2.45) is 7.05 Å². The van der Waals surface area contributed by atoms with E-state index in [9.17, 15) is 0 Å². The number of aryl methyl sites for hydroxylation is 1. The molecule has 0 aromatic carbocycles. The number of piperidine rings is 1. The fourth-order valence-corrected chi connectivity index (χ4v) is 3.59. The highest BCUT2D eigenvalue weighted by molar-refractivity contribution is 5.76. The summed E-state index contributed by atoms with van der Waals surface area (Å²) in [7, 11) is 2.01. The molecule has 1 fully saturated rings. The molecule has 0 amide bonds. The van der Waals surface area contributed by atoms with Crippen LogP contribution < -0.4 is 0 Å². The first-order valence-corrected chi connectivity index (χ1v) is 8.34. The summed E-state index contributed by atoms with van der Waals surface area (Å²) >= 11 is 0. The minimum Gasteiger partial charge on any atom is -0.343 e. The summed E-state index contributed by atoms with van der Waals surface area (Å²) in [6.07, 6.45) is 6.34. The molecule has 120 valence electrons. The second-order valence-electron chi connectivity index (χ2n) is 6.62. The molecule has 5 nitrogen and oxygen atoms in total. The lowest BCUT2D eigenvalue weighted by Gasteiger charge is -2.32. The standard InChI is InChI=1S/C18H23N5/c1-13-16(10-20-22(13)2)12-23-8-4-6-15(11-23)17-9-14-5-3-7-19-18(14)21-17/h3,5,7,9-10,15H,4,6,8,11-12H2,1-2H3,(H,19,21). The van der Waals surface area contributed by atoms with Crippen LogP contribution in [0.3, 0.4) is 0 Å². The first kappa shape index (κ1) is 14.5. The molecule has 1 saturated heterocycles. The number of nitrogens with zero attached hydrogens (tertiary/aromatic N) is 4. The predicted octanol–water partition coefficient (Wildman–Crippen LogP) is 2.98. The zero-order valence-electron chi connectivity index (χ0n) is 13.8. The molecule has 1 aliphatic heterocycles. The van der Waals surface area contributed by atoms with E-state index >= 15 is 0 Å². The van der Waals surface area contributed by atoms with Gasteiger partial charge in [-0.05, 0) is 44.5 Å². The molecule has 3 aromatic rings. The van der Waals surface area contributed by atoms with Crippen molar-refractivity contribution in [1.29, 1.82) is 0 Å². The van der Waals surface area contributed by atoms with Crippen LogP contribution in [0.2, 0.25) is 0 Å². The number of aromatic amines is 1. The van der Waals surface area contributed by atoms with E-state index in [1.54, 1.807) is 0 Å². The number of nitrogens with one attached hydrogen (secondary N) is 1. The number of pyridine rings is 1. The van der Waals surface area contributed by atoms with Gasteiger partial charge in [-0.25, -0.2) is 4.98 Å². The third kappa shape index (κ3) is 2.77. The Morgan fingerprint density at radius 3 is 3.09 bits per heavy atom. The topological polar surface area (TPSA) is 49.7 Å². The Kier molecular flexibility index (Phi) is 3.65. The maximum Gasteiger partial charge on any atom is 0.137 e. The first-order valence-electron chi connectivity index (χ1n) is 8.34. The zero-order chi connectivity index (χ0) is 15.8. The molecule has 4 heterocycles. The van der Waals surface area contributed by atoms with Gasteiger partial charge in [0.25, 0.3) is 0 Å². The van der Waals surface area contributed by atoms with Crippen LogP contribution in [0.1, 0.15) is 35.7 Å². The average Bonchev–Trinajstić information content (AvgIpc) is 3.14. The van der Waals surface area contributed by atoms with E-state index in [4.69, 9.17) is 0 Å². The number of aromatic nitrogens is 4. The van der Waals surface area contributed by atoms with Crippen LogP contribution in [-0.2, 0) is 13.6 Å². The van der Waals surface area contributed by atoms with Crippen molar-refractivity contribution in [3.05, 3.63) is 47.5 Å². The maximum atomic E-state index is 4.42. The van der Waals surface area contributed by atoms with Crippen LogP contribution in [0.5, 0.6) is 0 Å². The summed E-state index contributed by atoms with van der Waals surface area (Å²) in [4.78, 5) is 10.5. The summed E-state index contributed by atoms with van der Waals surface area (Å²) in [6.45, 7) is 5.41. The van der Waals surface area contributed by atoms with E-state index in [0.717, 1.165) is 18.7 Å². The quantitative estimate of drug-likeness (QED) is 0.809. The first-order chi connectivity index (χ1) is 11.2. The van der Waals surface area contributed by atoms with Gasteiger partial charge in [-0.2, -0.15) is 5.10 Å². The van der Waals surface area contributed by atoms with Crippen LogP contribution in [0.4, 0.5) is 0 Å². The van der Waals surface area contributed by atoms with E-state index in [1.807, 2.05) is 30.2 Å². The van der Waals surface area contributed by atoms with Gasteiger partial charge >= 0.3 is 0 Å². The van der Waals surface area contributed by atoms with Gasteiger partial charge in [0, 0.05) is 54.6 Å². The minimum absolute atomic E-state index is 0.565. The summed E-state index contributed by atoms with van der Waals surface area (Å²) in [5.74, 6) is 0.565. The smallest absolute Gasteiger partial charge is 0.137 e. The van der Waals surface area contributed by atoms with Crippen LogP contribution in [-0.4, -0.2) is 37.7 Å². The SMILES string of the molecule is Cc1c(CN2CCCC(c3cc4cccnc4[nH]3)C2)cnn1C. The lowest BCUT2D eigenvalue weighted by molar-refractivity contribution is 0.198. The molecule has 0 radical (unpaired) electrons. The molecule has 1 aliphatic rings. The second kappa shape index (κ2) is 5.81. The minimum atomic E-state index is 0.565. The Hall–Kier alpha value is -2.14. The Bertz CT molecular complexity index is 783. The van der Waals surface area contributed by atoms with E-state index in [-0.39, 0.29) is 0 Å². The molecule has 0 spiro atoms. The fraction of sp³-hybridized carbons (Fsp3) is 0.444. The second-order valence-corrected chi connectivity index (χ2v) is 6.62. The number of hydrogen-bond donors (Lipinski definition) is 1. The molecular formula is C18H23N5. The van der Waals surface area contributed by atoms with Gasteiger partial charge in [-0.15, -0.1) is 0 Å². The highest BCUT2D eigenvalue weighted by atomic mass is 15.3. The molecule has 3 aromatic heterocycles. The largest absolute Gasteiger partial charge is 0.343 e. The van der Waals surface area contributed by atoms with Gasteiger partial charge in [-0.1, -0.05) is 0 Å². The molecule has 1 atom stereocenters. The maximum absolute atomic E-state index is 4.42. The zero-order valence-corrected chi connectivity index (χ0v) is 13.8. The predicted molar refractivity (Wildman–Crippen MR) is 91.3 cm³/mol. The van der Waals surface area contributed by atoms with E-state index < -0.39 is 0 Å². The fourth-order valence-electron chi connectivity index (χ4n) is 3.59. The molecule has 0 aliphatic carbocycles. The van der Waals surface area contributed by atoms with Gasteiger partial charge in [0.2, 0.25) is 0 Å². The summed E-state index contributed by atoms with van der Waals surface area (Å²) < 4.78 is 1.96. The van der Waals surface area contributed by atoms with Crippen LogP contribution in [0.15, 0.2) is 30.6 Å². The Morgan fingerprint density at radius 1 is 1.39 bits per heavy atom. The number of hydrogen-bond acceptors (Lipinski definition) is 3. The molecule has 5 heteroatoms. The molecule has 23 heavy (non-hydrogen) atoms. The van der Waals surface area contributed by atoms with Gasteiger partial charge in [0.1, 0.15) is 5.65 Å². The average molecular weight is 309 g/mol. The lowest BCUT2D eigenvalue weighted by atomic mass is 9.94. The number of likely N-dealkylation sites (tertiary alicyclic amines) is 1. The summed E-state index contributed by atoms with van der Waals surface area (Å²) in [5, 5.41) is 5.57. The van der Waals surface area contributed by atoms with Gasteiger partial charge in [0.15, 0.2) is 0 Å². The van der Waals surface area contributed by atoms with Gasteiger partial charge in [-0.3, -0.25) is 9.58 Å². The highest BCUT2D eigenvalue weighted by Crippen LogP contribution is 2.29. The Morgan fingerprint density at radius 2 is 2.30 bits per heavy atom. The van der Waals surface area contributed by atoms with Crippen molar-refractivity contribution in [3.8, 4) is 0 Å². The normalized spacial score (nSPS) is 19.5. The van der Waals surface area contributed by atoms with E-state index in [2.05, 4.69) is 39.0 Å². The Labute approximate surface area is 136 Å². The van der Waals surface area contributed by atoms with Gasteiger partial charge < -0.3 is 4.98 Å². The molecule has 4 rings (SSSR count). The van der Waals surface area contributed by atoms with Crippen LogP contribution >= 0.6 is 0 Å². The summed E-state index contributed by atoms with van der Waals surface area (Å²) in [6, 6.07) is 6.39. The number of fused-ring (bicyclic) bond motifs is 1. The molecule has 1 unspecified atom stereocenters. The number of H-pyrrole nitrogens is 1. The van der Waals surface area contributed by atoms with Crippen molar-refractivity contribution in [3.63, 3.8) is 0 Å². The summed E-state index contributed by atoms with van der Waals surface area (Å²) in [5.41, 5.74) is 4.93. The highest BCUT2D eigenvalue weighted by Gasteiger charge is 2.23. The van der Waals surface area contributed by atoms with Crippen molar-refractivity contribution >= 4 is 11.0 Å². The van der Waals surface area contributed by atoms with Crippen molar-refractivity contribution in [1.82, 2.24) is 24.6 Å². The van der Waals surface area contributed by atoms with E-state index in [0.29, 0.717) is 5.92 Å². The van der Waals surface area contributed by atoms with Gasteiger partial charge in [0.05, 0.1) is 6.20 Å². The molecule has 0 bridgehead atoms. The Balaban J connectivity index is 1.51. The van der Waals surface area contributed by atoms with Crippen LogP contribution in [0, 0.1) is 6.92 Å². The van der Waals surface area contributed by atoms with E-state index in [1.165, 1.54) is 41.7 Å². The van der Waals surface area contributed by atoms with Crippen molar-refractivity contribution in [2.45, 2.75) is 32.2 Å². The lowest BCUT2D eigenvalue weighted by Crippen LogP contribution is -2.34. The monoisotopic (exact) mass is 309 g/mol. The number of rotatable bonds is 3. The molecular weight excluding hydrogens is 286 g/mol. The third-order valence-corrected chi connectivity index (χ3v) is 5.09. The molecule has 1 N–H and O–H groups in total. The van der Waals surface area contributed by atoms with Crippen molar-refractivity contribution < 1.29 is 0 Å². The van der Waals surface area contributed by atoms with Crippen LogP contribution in [0.25, 0.3) is 11.0 Å². The third-order valence-electron chi connectivity index (χ3n) is 5.09.